The SMILES string of the molecule is CCOS(=O)(=O)CCn1cc(C(=O)NCc2ccc(Cl)cc2)c(=O)c2cc(CN3CCOCC3)ccc21. The van der Waals surface area contributed by atoms with Crippen molar-refractivity contribution in [3.63, 3.8) is 0 Å². The number of ether oxygens (including phenoxy) is 1. The van der Waals surface area contributed by atoms with Crippen LogP contribution in [-0.4, -0.2) is 62.5 Å². The number of halogens is 1. The number of carbonyl (C=O) groups excluding carboxylic acids is 1. The fourth-order valence-electron chi connectivity index (χ4n) is 4.24. The Morgan fingerprint density at radius 3 is 2.51 bits per heavy atom. The third kappa shape index (κ3) is 7.18. The molecular formula is C26H30ClN3O6S. The van der Waals surface area contributed by atoms with E-state index in [0.29, 0.717) is 35.7 Å². The number of carbonyl (C=O) groups is 1. The molecule has 0 bridgehead atoms. The van der Waals surface area contributed by atoms with Gasteiger partial charge in [0, 0.05) is 49.3 Å². The maximum Gasteiger partial charge on any atom is 0.269 e. The molecular weight excluding hydrogens is 518 g/mol. The summed E-state index contributed by atoms with van der Waals surface area (Å²) in [6.07, 6.45) is 1.42. The van der Waals surface area contributed by atoms with Gasteiger partial charge in [-0.25, -0.2) is 0 Å². The van der Waals surface area contributed by atoms with E-state index in [1.807, 2.05) is 6.07 Å². The molecule has 2 aromatic carbocycles. The fraction of sp³-hybridized carbons (Fsp3) is 0.385. The zero-order valence-corrected chi connectivity index (χ0v) is 22.2. The highest BCUT2D eigenvalue weighted by atomic mass is 35.5. The van der Waals surface area contributed by atoms with Crippen molar-refractivity contribution in [1.82, 2.24) is 14.8 Å². The largest absolute Gasteiger partial charge is 0.379 e. The Bertz CT molecular complexity index is 1420. The summed E-state index contributed by atoms with van der Waals surface area (Å²) in [5, 5.41) is 3.73. The first-order valence-corrected chi connectivity index (χ1v) is 14.1. The third-order valence-corrected chi connectivity index (χ3v) is 7.67. The van der Waals surface area contributed by atoms with Gasteiger partial charge >= 0.3 is 0 Å². The van der Waals surface area contributed by atoms with E-state index in [1.54, 1.807) is 47.9 Å². The second kappa shape index (κ2) is 12.2. The number of rotatable bonds is 10. The highest BCUT2D eigenvalue weighted by Gasteiger charge is 2.19. The van der Waals surface area contributed by atoms with Crippen LogP contribution < -0.4 is 10.7 Å². The molecule has 0 spiro atoms. The van der Waals surface area contributed by atoms with Crippen LogP contribution in [0.2, 0.25) is 5.02 Å². The molecule has 3 aromatic rings. The van der Waals surface area contributed by atoms with Crippen molar-refractivity contribution in [2.24, 2.45) is 0 Å². The second-order valence-corrected chi connectivity index (χ2v) is 11.0. The van der Waals surface area contributed by atoms with Crippen molar-refractivity contribution in [1.29, 1.82) is 0 Å². The Balaban J connectivity index is 1.66. The number of morpholine rings is 1. The lowest BCUT2D eigenvalue weighted by Crippen LogP contribution is -2.35. The van der Waals surface area contributed by atoms with Crippen LogP contribution in [-0.2, 0) is 38.7 Å². The summed E-state index contributed by atoms with van der Waals surface area (Å²) < 4.78 is 36.3. The first kappa shape index (κ1) is 27.3. The predicted octanol–water partition coefficient (Wildman–Crippen LogP) is 2.78. The van der Waals surface area contributed by atoms with Crippen LogP contribution in [0.5, 0.6) is 0 Å². The Labute approximate surface area is 221 Å². The molecule has 11 heteroatoms. The smallest absolute Gasteiger partial charge is 0.269 e. The topological polar surface area (TPSA) is 107 Å². The maximum atomic E-state index is 13.5. The van der Waals surface area contributed by atoms with Gasteiger partial charge in [-0.15, -0.1) is 0 Å². The lowest BCUT2D eigenvalue weighted by atomic mass is 10.1. The molecule has 1 fully saturated rings. The summed E-state index contributed by atoms with van der Waals surface area (Å²) in [4.78, 5) is 28.8. The number of amides is 1. The van der Waals surface area contributed by atoms with Crippen LogP contribution >= 0.6 is 11.6 Å². The van der Waals surface area contributed by atoms with Gasteiger partial charge in [0.1, 0.15) is 5.56 Å². The lowest BCUT2D eigenvalue weighted by Gasteiger charge is -2.26. The summed E-state index contributed by atoms with van der Waals surface area (Å²) in [6, 6.07) is 12.5. The summed E-state index contributed by atoms with van der Waals surface area (Å²) in [5.41, 5.74) is 1.85. The molecule has 1 aliphatic heterocycles. The van der Waals surface area contributed by atoms with E-state index in [4.69, 9.17) is 20.5 Å². The van der Waals surface area contributed by atoms with Gasteiger partial charge in [0.25, 0.3) is 16.0 Å². The standard InChI is InChI=1S/C26H30ClN3O6S/c1-2-36-37(33,34)14-11-30-18-23(26(32)28-16-19-3-6-21(27)7-4-19)25(31)22-15-20(5-8-24(22)30)17-29-9-12-35-13-10-29/h3-8,15,18H,2,9-14,16-17H2,1H3,(H,28,32). The molecule has 1 amide bonds. The van der Waals surface area contributed by atoms with Crippen molar-refractivity contribution >= 4 is 38.5 Å². The van der Waals surface area contributed by atoms with Crippen LogP contribution in [0.1, 0.15) is 28.4 Å². The van der Waals surface area contributed by atoms with Crippen LogP contribution in [0.3, 0.4) is 0 Å². The number of pyridine rings is 1. The number of aryl methyl sites for hydroxylation is 1. The monoisotopic (exact) mass is 547 g/mol. The van der Waals surface area contributed by atoms with Crippen molar-refractivity contribution in [3.8, 4) is 0 Å². The zero-order chi connectivity index (χ0) is 26.4. The minimum Gasteiger partial charge on any atom is -0.379 e. The average Bonchev–Trinajstić information content (AvgIpc) is 2.88. The van der Waals surface area contributed by atoms with Crippen LogP contribution in [0.25, 0.3) is 10.9 Å². The van der Waals surface area contributed by atoms with Gasteiger partial charge in [0.05, 0.1) is 31.1 Å². The number of aromatic nitrogens is 1. The number of nitrogens with one attached hydrogen (secondary N) is 1. The molecule has 1 aliphatic rings. The van der Waals surface area contributed by atoms with E-state index < -0.39 is 21.5 Å². The molecule has 0 saturated carbocycles. The van der Waals surface area contributed by atoms with E-state index in [1.165, 1.54) is 6.20 Å². The first-order chi connectivity index (χ1) is 17.8. The predicted molar refractivity (Wildman–Crippen MR) is 142 cm³/mol. The van der Waals surface area contributed by atoms with Gasteiger partial charge in [0.15, 0.2) is 0 Å². The highest BCUT2D eigenvalue weighted by molar-refractivity contribution is 7.86. The second-order valence-electron chi connectivity index (χ2n) is 8.78. The molecule has 1 aromatic heterocycles. The minimum atomic E-state index is -3.75. The van der Waals surface area contributed by atoms with E-state index in [-0.39, 0.29) is 31.0 Å². The molecule has 0 atom stereocenters. The van der Waals surface area contributed by atoms with Crippen LogP contribution in [0.4, 0.5) is 0 Å². The molecule has 1 N–H and O–H groups in total. The first-order valence-electron chi connectivity index (χ1n) is 12.1. The minimum absolute atomic E-state index is 0.0272. The summed E-state index contributed by atoms with van der Waals surface area (Å²) >= 11 is 5.93. The molecule has 9 nitrogen and oxygen atoms in total. The van der Waals surface area contributed by atoms with Gasteiger partial charge in [-0.3, -0.25) is 18.7 Å². The molecule has 0 aliphatic carbocycles. The number of hydrogen-bond donors (Lipinski definition) is 1. The van der Waals surface area contributed by atoms with Crippen LogP contribution in [0.15, 0.2) is 53.5 Å². The third-order valence-electron chi connectivity index (χ3n) is 6.15. The Kier molecular flexibility index (Phi) is 8.99. The molecule has 198 valence electrons. The Hall–Kier alpha value is -2.76. The highest BCUT2D eigenvalue weighted by Crippen LogP contribution is 2.18. The average molecular weight is 548 g/mol. The number of hydrogen-bond acceptors (Lipinski definition) is 7. The van der Waals surface area contributed by atoms with Gasteiger partial charge in [0.2, 0.25) is 5.43 Å². The van der Waals surface area contributed by atoms with E-state index in [9.17, 15) is 18.0 Å². The summed E-state index contributed by atoms with van der Waals surface area (Å²) in [7, 11) is -3.75. The molecule has 1 saturated heterocycles. The van der Waals surface area contributed by atoms with Crippen molar-refractivity contribution in [3.05, 3.63) is 80.6 Å². The van der Waals surface area contributed by atoms with E-state index >= 15 is 0 Å². The fourth-order valence-corrected chi connectivity index (χ4v) is 5.26. The number of fused-ring (bicyclic) bond motifs is 1. The molecule has 0 radical (unpaired) electrons. The molecule has 0 unspecified atom stereocenters. The van der Waals surface area contributed by atoms with Gasteiger partial charge < -0.3 is 14.6 Å². The van der Waals surface area contributed by atoms with Gasteiger partial charge in [-0.1, -0.05) is 29.8 Å². The summed E-state index contributed by atoms with van der Waals surface area (Å²) in [6.45, 7) is 5.43. The van der Waals surface area contributed by atoms with Crippen molar-refractivity contribution in [2.75, 3.05) is 38.7 Å². The van der Waals surface area contributed by atoms with Gasteiger partial charge in [-0.05, 0) is 42.3 Å². The normalized spacial score (nSPS) is 14.6. The van der Waals surface area contributed by atoms with E-state index in [0.717, 1.165) is 24.2 Å². The Morgan fingerprint density at radius 1 is 1.11 bits per heavy atom. The molecule has 37 heavy (non-hydrogen) atoms. The van der Waals surface area contributed by atoms with Crippen LogP contribution in [0, 0.1) is 0 Å². The quantitative estimate of drug-likeness (QED) is 0.389. The van der Waals surface area contributed by atoms with Crippen molar-refractivity contribution < 1.29 is 22.1 Å². The van der Waals surface area contributed by atoms with Crippen molar-refractivity contribution in [2.45, 2.75) is 26.6 Å². The van der Waals surface area contributed by atoms with E-state index in [2.05, 4.69) is 10.2 Å². The number of nitrogens with zero attached hydrogens (tertiary/aromatic N) is 2. The molecule has 2 heterocycles. The Morgan fingerprint density at radius 2 is 1.81 bits per heavy atom. The summed E-state index contributed by atoms with van der Waals surface area (Å²) in [5.74, 6) is -0.831. The lowest BCUT2D eigenvalue weighted by molar-refractivity contribution is 0.0342. The molecule has 4 rings (SSSR count). The number of benzene rings is 2. The van der Waals surface area contributed by atoms with Gasteiger partial charge in [-0.2, -0.15) is 8.42 Å². The zero-order valence-electron chi connectivity index (χ0n) is 20.6. The maximum absolute atomic E-state index is 13.5.